The molecule has 0 radical (unpaired) electrons. The SMILES string of the molecule is Cc1cc(NC(=O)c2cccnc2C)c(C(=O)O)[nH]1. The Kier molecular flexibility index (Phi) is 3.33. The maximum absolute atomic E-state index is 12.1. The molecule has 0 aromatic carbocycles. The zero-order valence-corrected chi connectivity index (χ0v) is 10.5. The van der Waals surface area contributed by atoms with E-state index in [-0.39, 0.29) is 17.3 Å². The minimum Gasteiger partial charge on any atom is -0.477 e. The fourth-order valence-electron chi connectivity index (χ4n) is 1.77. The van der Waals surface area contributed by atoms with Crippen LogP contribution in [0.5, 0.6) is 0 Å². The number of aromatic nitrogens is 2. The van der Waals surface area contributed by atoms with Crippen LogP contribution in [0.15, 0.2) is 24.4 Å². The molecule has 2 aromatic rings. The summed E-state index contributed by atoms with van der Waals surface area (Å²) in [5.74, 6) is -1.50. The topological polar surface area (TPSA) is 95.1 Å². The Morgan fingerprint density at radius 1 is 1.37 bits per heavy atom. The number of amides is 1. The van der Waals surface area contributed by atoms with E-state index in [1.54, 1.807) is 38.2 Å². The van der Waals surface area contributed by atoms with Crippen LogP contribution in [0.3, 0.4) is 0 Å². The first-order valence-corrected chi connectivity index (χ1v) is 5.65. The van der Waals surface area contributed by atoms with Crippen molar-refractivity contribution in [3.8, 4) is 0 Å². The van der Waals surface area contributed by atoms with E-state index in [4.69, 9.17) is 5.11 Å². The Morgan fingerprint density at radius 2 is 2.11 bits per heavy atom. The van der Waals surface area contributed by atoms with Gasteiger partial charge in [-0.25, -0.2) is 4.79 Å². The number of aryl methyl sites for hydroxylation is 2. The molecule has 0 spiro atoms. The van der Waals surface area contributed by atoms with Crippen molar-refractivity contribution in [1.82, 2.24) is 9.97 Å². The molecule has 1 amide bonds. The molecule has 6 nitrogen and oxygen atoms in total. The third-order valence-corrected chi connectivity index (χ3v) is 2.67. The van der Waals surface area contributed by atoms with Gasteiger partial charge in [0.1, 0.15) is 5.69 Å². The van der Waals surface area contributed by atoms with Gasteiger partial charge in [-0.3, -0.25) is 9.78 Å². The summed E-state index contributed by atoms with van der Waals surface area (Å²) in [5.41, 5.74) is 1.88. The molecule has 0 saturated heterocycles. The van der Waals surface area contributed by atoms with Crippen molar-refractivity contribution in [2.75, 3.05) is 5.32 Å². The van der Waals surface area contributed by atoms with Gasteiger partial charge in [-0.2, -0.15) is 0 Å². The third kappa shape index (κ3) is 2.62. The molecule has 0 aliphatic carbocycles. The number of aromatic carboxylic acids is 1. The van der Waals surface area contributed by atoms with Crippen LogP contribution in [0.25, 0.3) is 0 Å². The zero-order chi connectivity index (χ0) is 14.0. The van der Waals surface area contributed by atoms with E-state index in [2.05, 4.69) is 15.3 Å². The first-order chi connectivity index (χ1) is 8.99. The smallest absolute Gasteiger partial charge is 0.354 e. The van der Waals surface area contributed by atoms with Gasteiger partial charge in [-0.15, -0.1) is 0 Å². The van der Waals surface area contributed by atoms with Crippen molar-refractivity contribution in [3.63, 3.8) is 0 Å². The Hall–Kier alpha value is -2.63. The number of hydrogen-bond acceptors (Lipinski definition) is 3. The molecule has 0 aliphatic rings. The van der Waals surface area contributed by atoms with Gasteiger partial charge in [0, 0.05) is 17.6 Å². The third-order valence-electron chi connectivity index (χ3n) is 2.67. The van der Waals surface area contributed by atoms with Crippen molar-refractivity contribution < 1.29 is 14.7 Å². The van der Waals surface area contributed by atoms with Crippen molar-refractivity contribution in [3.05, 3.63) is 47.0 Å². The van der Waals surface area contributed by atoms with Crippen LogP contribution in [0.2, 0.25) is 0 Å². The Bertz CT molecular complexity index is 646. The molecule has 98 valence electrons. The maximum Gasteiger partial charge on any atom is 0.354 e. The highest BCUT2D eigenvalue weighted by molar-refractivity contribution is 6.07. The van der Waals surface area contributed by atoms with Crippen LogP contribution in [0, 0.1) is 13.8 Å². The molecular formula is C13H13N3O3. The first-order valence-electron chi connectivity index (χ1n) is 5.65. The van der Waals surface area contributed by atoms with Gasteiger partial charge >= 0.3 is 5.97 Å². The number of pyridine rings is 1. The van der Waals surface area contributed by atoms with E-state index in [0.717, 1.165) is 0 Å². The van der Waals surface area contributed by atoms with Gasteiger partial charge in [0.05, 0.1) is 11.3 Å². The standard InChI is InChI=1S/C13H13N3O3/c1-7-6-10(11(15-7)13(18)19)16-12(17)9-4-3-5-14-8(9)2/h3-6,15H,1-2H3,(H,16,17)(H,18,19). The molecule has 19 heavy (non-hydrogen) atoms. The predicted molar refractivity (Wildman–Crippen MR) is 69.4 cm³/mol. The summed E-state index contributed by atoms with van der Waals surface area (Å²) in [4.78, 5) is 29.8. The van der Waals surface area contributed by atoms with Crippen LogP contribution in [0.4, 0.5) is 5.69 Å². The number of H-pyrrole nitrogens is 1. The molecule has 6 heteroatoms. The lowest BCUT2D eigenvalue weighted by molar-refractivity contribution is 0.0692. The fraction of sp³-hybridized carbons (Fsp3) is 0.154. The second-order valence-corrected chi connectivity index (χ2v) is 4.14. The maximum atomic E-state index is 12.1. The molecule has 0 atom stereocenters. The fourth-order valence-corrected chi connectivity index (χ4v) is 1.77. The zero-order valence-electron chi connectivity index (χ0n) is 10.5. The van der Waals surface area contributed by atoms with Crippen molar-refractivity contribution >= 4 is 17.6 Å². The number of carbonyl (C=O) groups is 2. The molecule has 3 N–H and O–H groups in total. The highest BCUT2D eigenvalue weighted by Crippen LogP contribution is 2.18. The Balaban J connectivity index is 2.29. The van der Waals surface area contributed by atoms with E-state index in [0.29, 0.717) is 17.0 Å². The van der Waals surface area contributed by atoms with E-state index in [1.807, 2.05) is 0 Å². The number of carboxylic acid groups (broad SMARTS) is 1. The van der Waals surface area contributed by atoms with Crippen LogP contribution in [-0.2, 0) is 0 Å². The molecule has 0 saturated carbocycles. The van der Waals surface area contributed by atoms with Gasteiger partial charge in [0.25, 0.3) is 5.91 Å². The number of hydrogen-bond donors (Lipinski definition) is 3. The molecule has 0 unspecified atom stereocenters. The minimum atomic E-state index is -1.12. The van der Waals surface area contributed by atoms with E-state index in [9.17, 15) is 9.59 Å². The van der Waals surface area contributed by atoms with Gasteiger partial charge in [0.15, 0.2) is 0 Å². The molecule has 0 fully saturated rings. The summed E-state index contributed by atoms with van der Waals surface area (Å²) in [7, 11) is 0. The molecule has 2 heterocycles. The van der Waals surface area contributed by atoms with E-state index in [1.165, 1.54) is 0 Å². The summed E-state index contributed by atoms with van der Waals surface area (Å²) < 4.78 is 0. The quantitative estimate of drug-likeness (QED) is 0.785. The van der Waals surface area contributed by atoms with Crippen LogP contribution in [0.1, 0.15) is 32.2 Å². The number of aromatic amines is 1. The van der Waals surface area contributed by atoms with Gasteiger partial charge < -0.3 is 15.4 Å². The number of rotatable bonds is 3. The highest BCUT2D eigenvalue weighted by Gasteiger charge is 2.17. The van der Waals surface area contributed by atoms with Crippen LogP contribution in [-0.4, -0.2) is 27.0 Å². The Labute approximate surface area is 109 Å². The van der Waals surface area contributed by atoms with E-state index < -0.39 is 5.97 Å². The van der Waals surface area contributed by atoms with Crippen molar-refractivity contribution in [1.29, 1.82) is 0 Å². The number of nitrogens with one attached hydrogen (secondary N) is 2. The lowest BCUT2D eigenvalue weighted by Crippen LogP contribution is -2.15. The van der Waals surface area contributed by atoms with E-state index >= 15 is 0 Å². The van der Waals surface area contributed by atoms with Crippen molar-refractivity contribution in [2.24, 2.45) is 0 Å². The summed E-state index contributed by atoms with van der Waals surface area (Å²) >= 11 is 0. The average molecular weight is 259 g/mol. The van der Waals surface area contributed by atoms with Gasteiger partial charge in [0.2, 0.25) is 0 Å². The van der Waals surface area contributed by atoms with Crippen molar-refractivity contribution in [2.45, 2.75) is 13.8 Å². The van der Waals surface area contributed by atoms with Gasteiger partial charge in [-0.05, 0) is 32.0 Å². The molecular weight excluding hydrogens is 246 g/mol. The first kappa shape index (κ1) is 12.8. The number of anilines is 1. The molecule has 2 aromatic heterocycles. The molecule has 0 bridgehead atoms. The second-order valence-electron chi connectivity index (χ2n) is 4.14. The Morgan fingerprint density at radius 3 is 2.74 bits per heavy atom. The second kappa shape index (κ2) is 4.93. The van der Waals surface area contributed by atoms with Gasteiger partial charge in [-0.1, -0.05) is 0 Å². The normalized spacial score (nSPS) is 10.2. The average Bonchev–Trinajstić information content (AvgIpc) is 2.70. The summed E-state index contributed by atoms with van der Waals surface area (Å²) in [5, 5.41) is 11.6. The minimum absolute atomic E-state index is 0.0348. The predicted octanol–water partition coefficient (Wildman–Crippen LogP) is 1.98. The highest BCUT2D eigenvalue weighted by atomic mass is 16.4. The van der Waals surface area contributed by atoms with Crippen LogP contribution >= 0.6 is 0 Å². The summed E-state index contributed by atoms with van der Waals surface area (Å²) in [6.45, 7) is 3.44. The number of carbonyl (C=O) groups excluding carboxylic acids is 1. The lowest BCUT2D eigenvalue weighted by atomic mass is 10.2. The largest absolute Gasteiger partial charge is 0.477 e. The lowest BCUT2D eigenvalue weighted by Gasteiger charge is -2.06. The van der Waals surface area contributed by atoms with Crippen LogP contribution < -0.4 is 5.32 Å². The molecule has 0 aliphatic heterocycles. The number of carboxylic acids is 1. The summed E-state index contributed by atoms with van der Waals surface area (Å²) in [6, 6.07) is 4.87. The summed E-state index contributed by atoms with van der Waals surface area (Å²) in [6.07, 6.45) is 1.59. The number of nitrogens with zero attached hydrogens (tertiary/aromatic N) is 1. The molecule has 2 rings (SSSR count). The monoisotopic (exact) mass is 259 g/mol.